The zero-order valence-corrected chi connectivity index (χ0v) is 12.0. The minimum Gasteiger partial charge on any atom is -0.258 e. The van der Waals surface area contributed by atoms with E-state index in [1.807, 2.05) is 24.3 Å². The number of nitrogens with zero attached hydrogens (tertiary/aromatic N) is 1. The van der Waals surface area contributed by atoms with Gasteiger partial charge in [-0.15, -0.1) is 0 Å². The highest BCUT2D eigenvalue weighted by Gasteiger charge is 2.11. The molecule has 0 atom stereocenters. The van der Waals surface area contributed by atoms with E-state index in [1.54, 1.807) is 13.0 Å². The molecule has 0 aromatic heterocycles. The molecule has 104 valence electrons. The summed E-state index contributed by atoms with van der Waals surface area (Å²) in [6, 6.07) is 17.8. The van der Waals surface area contributed by atoms with E-state index in [9.17, 15) is 10.1 Å². The average Bonchev–Trinajstić information content (AvgIpc) is 2.46. The lowest BCUT2D eigenvalue weighted by Crippen LogP contribution is -1.92. The third-order valence-corrected chi connectivity index (χ3v) is 3.80. The van der Waals surface area contributed by atoms with E-state index in [1.165, 1.54) is 16.3 Å². The Hall–Kier alpha value is -2.68. The van der Waals surface area contributed by atoms with Gasteiger partial charge in [-0.1, -0.05) is 30.3 Å². The minimum atomic E-state index is -0.343. The molecule has 0 amide bonds. The van der Waals surface area contributed by atoms with Crippen molar-refractivity contribution >= 4 is 16.5 Å². The predicted octanol–water partition coefficient (Wildman–Crippen LogP) is 5.03. The molecule has 0 spiro atoms. The first-order chi connectivity index (χ1) is 10.1. The van der Waals surface area contributed by atoms with E-state index in [4.69, 9.17) is 0 Å². The van der Waals surface area contributed by atoms with Gasteiger partial charge in [0.05, 0.1) is 4.92 Å². The Labute approximate surface area is 123 Å². The molecule has 0 bridgehead atoms. The van der Waals surface area contributed by atoms with E-state index >= 15 is 0 Å². The number of aryl methyl sites for hydroxylation is 2. The van der Waals surface area contributed by atoms with E-state index in [0.717, 1.165) is 11.1 Å². The molecule has 0 N–H and O–H groups in total. The molecule has 0 unspecified atom stereocenters. The number of fused-ring (bicyclic) bond motifs is 1. The fourth-order valence-electron chi connectivity index (χ4n) is 2.71. The van der Waals surface area contributed by atoms with Crippen molar-refractivity contribution in [3.63, 3.8) is 0 Å². The standard InChI is InChI=1S/C18H15NO2/c1-12-9-16(11-15-5-3-4-6-17(12)15)14-7-8-18(19(20)21)13(2)10-14/h3-11H,1-2H3. The van der Waals surface area contributed by atoms with Gasteiger partial charge in [0.2, 0.25) is 0 Å². The van der Waals surface area contributed by atoms with Gasteiger partial charge in [0.15, 0.2) is 0 Å². The number of nitro benzene ring substituents is 1. The number of hydrogen-bond donors (Lipinski definition) is 0. The second kappa shape index (κ2) is 5.02. The molecular weight excluding hydrogens is 262 g/mol. The molecule has 3 heteroatoms. The van der Waals surface area contributed by atoms with Crippen molar-refractivity contribution in [2.45, 2.75) is 13.8 Å². The Balaban J connectivity index is 2.16. The van der Waals surface area contributed by atoms with Crippen LogP contribution >= 0.6 is 0 Å². The second-order valence-electron chi connectivity index (χ2n) is 5.27. The van der Waals surface area contributed by atoms with Crippen LogP contribution in [0.4, 0.5) is 5.69 Å². The average molecular weight is 277 g/mol. The Morgan fingerprint density at radius 1 is 0.857 bits per heavy atom. The van der Waals surface area contributed by atoms with Crippen LogP contribution in [0.25, 0.3) is 21.9 Å². The maximum Gasteiger partial charge on any atom is 0.272 e. The van der Waals surface area contributed by atoms with Crippen LogP contribution < -0.4 is 0 Å². The number of hydrogen-bond acceptors (Lipinski definition) is 2. The normalized spacial score (nSPS) is 10.8. The Morgan fingerprint density at radius 3 is 2.29 bits per heavy atom. The number of benzene rings is 3. The lowest BCUT2D eigenvalue weighted by molar-refractivity contribution is -0.385. The summed E-state index contributed by atoms with van der Waals surface area (Å²) < 4.78 is 0. The summed E-state index contributed by atoms with van der Waals surface area (Å²) in [5.74, 6) is 0. The van der Waals surface area contributed by atoms with Gasteiger partial charge in [0.1, 0.15) is 0 Å². The Kier molecular flexibility index (Phi) is 3.18. The zero-order chi connectivity index (χ0) is 15.0. The Morgan fingerprint density at radius 2 is 1.57 bits per heavy atom. The summed E-state index contributed by atoms with van der Waals surface area (Å²) in [5, 5.41) is 13.3. The molecule has 0 saturated carbocycles. The molecule has 0 heterocycles. The van der Waals surface area contributed by atoms with Crippen LogP contribution in [0.1, 0.15) is 11.1 Å². The van der Waals surface area contributed by atoms with Crippen molar-refractivity contribution in [2.24, 2.45) is 0 Å². The van der Waals surface area contributed by atoms with Gasteiger partial charge in [-0.2, -0.15) is 0 Å². The largest absolute Gasteiger partial charge is 0.272 e. The highest BCUT2D eigenvalue weighted by atomic mass is 16.6. The van der Waals surface area contributed by atoms with Gasteiger partial charge in [0, 0.05) is 11.6 Å². The summed E-state index contributed by atoms with van der Waals surface area (Å²) in [5.41, 5.74) is 4.15. The fourth-order valence-corrected chi connectivity index (χ4v) is 2.71. The van der Waals surface area contributed by atoms with Gasteiger partial charge in [0.25, 0.3) is 5.69 Å². The molecule has 3 rings (SSSR count). The molecule has 0 radical (unpaired) electrons. The van der Waals surface area contributed by atoms with Crippen LogP contribution in [0, 0.1) is 24.0 Å². The highest BCUT2D eigenvalue weighted by molar-refractivity contribution is 5.90. The van der Waals surface area contributed by atoms with Crippen molar-refractivity contribution in [1.29, 1.82) is 0 Å². The lowest BCUT2D eigenvalue weighted by atomic mass is 9.96. The molecule has 0 fully saturated rings. The SMILES string of the molecule is Cc1cc(-c2cc(C)c3ccccc3c2)ccc1[N+](=O)[O-]. The van der Waals surface area contributed by atoms with Crippen LogP contribution in [0.3, 0.4) is 0 Å². The monoisotopic (exact) mass is 277 g/mol. The molecule has 3 nitrogen and oxygen atoms in total. The topological polar surface area (TPSA) is 43.1 Å². The molecule has 3 aromatic carbocycles. The van der Waals surface area contributed by atoms with E-state index in [0.29, 0.717) is 5.56 Å². The lowest BCUT2D eigenvalue weighted by Gasteiger charge is -2.08. The van der Waals surface area contributed by atoms with Gasteiger partial charge in [-0.05, 0) is 59.5 Å². The van der Waals surface area contributed by atoms with Crippen LogP contribution in [0.2, 0.25) is 0 Å². The number of rotatable bonds is 2. The smallest absolute Gasteiger partial charge is 0.258 e. The van der Waals surface area contributed by atoms with Gasteiger partial charge >= 0.3 is 0 Å². The van der Waals surface area contributed by atoms with Crippen molar-refractivity contribution in [3.05, 3.63) is 75.8 Å². The summed E-state index contributed by atoms with van der Waals surface area (Å²) in [7, 11) is 0. The minimum absolute atomic E-state index is 0.163. The second-order valence-corrected chi connectivity index (χ2v) is 5.27. The van der Waals surface area contributed by atoms with Gasteiger partial charge in [-0.25, -0.2) is 0 Å². The van der Waals surface area contributed by atoms with Crippen LogP contribution in [-0.4, -0.2) is 4.92 Å². The molecule has 0 aliphatic carbocycles. The van der Waals surface area contributed by atoms with Crippen LogP contribution in [0.15, 0.2) is 54.6 Å². The van der Waals surface area contributed by atoms with E-state index in [2.05, 4.69) is 31.2 Å². The van der Waals surface area contributed by atoms with Gasteiger partial charge < -0.3 is 0 Å². The zero-order valence-electron chi connectivity index (χ0n) is 12.0. The van der Waals surface area contributed by atoms with E-state index < -0.39 is 0 Å². The van der Waals surface area contributed by atoms with Crippen LogP contribution in [0.5, 0.6) is 0 Å². The maximum atomic E-state index is 10.9. The number of nitro groups is 1. The van der Waals surface area contributed by atoms with Crippen molar-refractivity contribution in [3.8, 4) is 11.1 Å². The van der Waals surface area contributed by atoms with E-state index in [-0.39, 0.29) is 10.6 Å². The summed E-state index contributed by atoms with van der Waals surface area (Å²) in [4.78, 5) is 10.6. The molecule has 0 aliphatic heterocycles. The fraction of sp³-hybridized carbons (Fsp3) is 0.111. The van der Waals surface area contributed by atoms with Crippen molar-refractivity contribution in [2.75, 3.05) is 0 Å². The molecule has 21 heavy (non-hydrogen) atoms. The molecule has 3 aromatic rings. The van der Waals surface area contributed by atoms with Crippen molar-refractivity contribution < 1.29 is 4.92 Å². The molecule has 0 saturated heterocycles. The maximum absolute atomic E-state index is 10.9. The quantitative estimate of drug-likeness (QED) is 0.487. The predicted molar refractivity (Wildman–Crippen MR) is 85.5 cm³/mol. The Bertz CT molecular complexity index is 853. The first-order valence-corrected chi connectivity index (χ1v) is 6.81. The summed E-state index contributed by atoms with van der Waals surface area (Å²) in [6.45, 7) is 3.86. The van der Waals surface area contributed by atoms with Crippen molar-refractivity contribution in [1.82, 2.24) is 0 Å². The molecular formula is C18H15NO2. The first kappa shape index (κ1) is 13.3. The highest BCUT2D eigenvalue weighted by Crippen LogP contribution is 2.30. The third-order valence-electron chi connectivity index (χ3n) is 3.80. The molecule has 0 aliphatic rings. The summed E-state index contributed by atoms with van der Waals surface area (Å²) >= 11 is 0. The first-order valence-electron chi connectivity index (χ1n) is 6.81. The third kappa shape index (κ3) is 2.38. The summed E-state index contributed by atoms with van der Waals surface area (Å²) in [6.07, 6.45) is 0. The van der Waals surface area contributed by atoms with Gasteiger partial charge in [-0.3, -0.25) is 10.1 Å². The van der Waals surface area contributed by atoms with Crippen LogP contribution in [-0.2, 0) is 0 Å².